The molecule has 4 rings (SSSR count). The van der Waals surface area contributed by atoms with Crippen molar-refractivity contribution in [2.75, 3.05) is 12.8 Å². The minimum absolute atomic E-state index is 0.255. The molecule has 0 radical (unpaired) electrons. The summed E-state index contributed by atoms with van der Waals surface area (Å²) in [4.78, 5) is 17.5. The van der Waals surface area contributed by atoms with Crippen molar-refractivity contribution in [3.8, 4) is 5.75 Å². The number of benzene rings is 2. The maximum atomic E-state index is 12.9. The lowest BCUT2D eigenvalue weighted by Gasteiger charge is -2.06. The summed E-state index contributed by atoms with van der Waals surface area (Å²) < 4.78 is 6.52. The van der Waals surface area contributed by atoms with Crippen LogP contribution >= 0.6 is 0 Å². The van der Waals surface area contributed by atoms with Crippen LogP contribution in [0.15, 0.2) is 48.5 Å². The molecule has 6 heteroatoms. The smallest absolute Gasteiger partial charge is 0.280 e. The van der Waals surface area contributed by atoms with E-state index in [1.807, 2.05) is 49.4 Å². The third-order valence-corrected chi connectivity index (χ3v) is 4.26. The first-order valence-electron chi connectivity index (χ1n) is 7.82. The number of nitrogen functional groups attached to an aromatic ring is 1. The van der Waals surface area contributed by atoms with Gasteiger partial charge in [0.25, 0.3) is 5.91 Å². The maximum absolute atomic E-state index is 12.9. The Balaban J connectivity index is 1.96. The van der Waals surface area contributed by atoms with Crippen LogP contribution in [0.1, 0.15) is 15.9 Å². The molecule has 0 saturated carbocycles. The number of aryl methyl sites for hydroxylation is 1. The number of hydrogen-bond acceptors (Lipinski definition) is 5. The summed E-state index contributed by atoms with van der Waals surface area (Å²) in [6.07, 6.45) is 0. The number of rotatable bonds is 2. The van der Waals surface area contributed by atoms with Gasteiger partial charge in [-0.2, -0.15) is 4.68 Å². The van der Waals surface area contributed by atoms with Gasteiger partial charge in [0, 0.05) is 17.0 Å². The second-order valence-electron chi connectivity index (χ2n) is 5.84. The Hall–Kier alpha value is -3.41. The van der Waals surface area contributed by atoms with Crippen LogP contribution < -0.4 is 10.5 Å². The SMILES string of the molecule is COc1ccc2cc3c(N)nn(C(=O)c4ccccc4C)c3nc2c1. The van der Waals surface area contributed by atoms with Crippen molar-refractivity contribution < 1.29 is 9.53 Å². The zero-order chi connectivity index (χ0) is 17.6. The molecular formula is C19H16N4O2. The summed E-state index contributed by atoms with van der Waals surface area (Å²) in [5, 5.41) is 5.78. The molecular weight excluding hydrogens is 316 g/mol. The van der Waals surface area contributed by atoms with Gasteiger partial charge in [-0.05, 0) is 36.8 Å². The van der Waals surface area contributed by atoms with Crippen LogP contribution in [-0.2, 0) is 0 Å². The standard InChI is InChI=1S/C19H16N4O2/c1-11-5-3-4-6-14(11)19(24)23-18-15(17(20)22-23)9-12-7-8-13(25-2)10-16(12)21-18/h3-10H,1-2H3,(H2,20,22). The van der Waals surface area contributed by atoms with Gasteiger partial charge in [0.05, 0.1) is 18.0 Å². The van der Waals surface area contributed by atoms with Crippen LogP contribution in [0.3, 0.4) is 0 Å². The third-order valence-electron chi connectivity index (χ3n) is 4.26. The van der Waals surface area contributed by atoms with Gasteiger partial charge in [0.2, 0.25) is 0 Å². The first kappa shape index (κ1) is 15.1. The largest absolute Gasteiger partial charge is 0.497 e. The first-order valence-corrected chi connectivity index (χ1v) is 7.82. The zero-order valence-electron chi connectivity index (χ0n) is 13.9. The van der Waals surface area contributed by atoms with Gasteiger partial charge < -0.3 is 10.5 Å². The van der Waals surface area contributed by atoms with Crippen molar-refractivity contribution in [2.24, 2.45) is 0 Å². The molecule has 2 aromatic carbocycles. The number of aromatic nitrogens is 3. The molecule has 4 aromatic rings. The van der Waals surface area contributed by atoms with Crippen molar-refractivity contribution in [1.82, 2.24) is 14.8 Å². The van der Waals surface area contributed by atoms with E-state index in [1.54, 1.807) is 13.2 Å². The lowest BCUT2D eigenvalue weighted by Crippen LogP contribution is -2.15. The fourth-order valence-corrected chi connectivity index (χ4v) is 2.89. The van der Waals surface area contributed by atoms with Crippen LogP contribution in [0.5, 0.6) is 5.75 Å². The molecule has 25 heavy (non-hydrogen) atoms. The molecule has 6 nitrogen and oxygen atoms in total. The van der Waals surface area contributed by atoms with E-state index in [2.05, 4.69) is 10.1 Å². The quantitative estimate of drug-likeness (QED) is 0.609. The average molecular weight is 332 g/mol. The van der Waals surface area contributed by atoms with E-state index in [0.29, 0.717) is 27.9 Å². The summed E-state index contributed by atoms with van der Waals surface area (Å²) in [5.74, 6) is 0.723. The Morgan fingerprint density at radius 2 is 1.96 bits per heavy atom. The van der Waals surface area contributed by atoms with Crippen LogP contribution in [0, 0.1) is 6.92 Å². The molecule has 0 amide bonds. The van der Waals surface area contributed by atoms with Crippen molar-refractivity contribution in [3.63, 3.8) is 0 Å². The molecule has 0 aliphatic carbocycles. The molecule has 2 heterocycles. The Labute approximate surface area is 143 Å². The Kier molecular flexibility index (Phi) is 3.39. The first-order chi connectivity index (χ1) is 12.1. The number of pyridine rings is 1. The number of anilines is 1. The molecule has 2 aromatic heterocycles. The number of carbonyl (C=O) groups is 1. The summed E-state index contributed by atoms with van der Waals surface area (Å²) in [5.41, 5.74) is 8.62. The number of ether oxygens (including phenoxy) is 1. The molecule has 0 saturated heterocycles. The Morgan fingerprint density at radius 3 is 2.72 bits per heavy atom. The van der Waals surface area contributed by atoms with E-state index in [4.69, 9.17) is 10.5 Å². The molecule has 0 spiro atoms. The summed E-state index contributed by atoms with van der Waals surface area (Å²) >= 11 is 0. The van der Waals surface area contributed by atoms with Crippen molar-refractivity contribution in [3.05, 3.63) is 59.7 Å². The number of nitrogens with zero attached hydrogens (tertiary/aromatic N) is 3. The zero-order valence-corrected chi connectivity index (χ0v) is 13.9. The lowest BCUT2D eigenvalue weighted by atomic mass is 10.1. The second kappa shape index (κ2) is 5.59. The van der Waals surface area contributed by atoms with Gasteiger partial charge in [-0.15, -0.1) is 5.10 Å². The number of hydrogen-bond donors (Lipinski definition) is 1. The number of methoxy groups -OCH3 is 1. The molecule has 0 aliphatic rings. The molecule has 0 aliphatic heterocycles. The maximum Gasteiger partial charge on any atom is 0.280 e. The van der Waals surface area contributed by atoms with Gasteiger partial charge in [-0.25, -0.2) is 4.98 Å². The van der Waals surface area contributed by atoms with Crippen molar-refractivity contribution in [1.29, 1.82) is 0 Å². The third kappa shape index (κ3) is 2.39. The monoisotopic (exact) mass is 332 g/mol. The van der Waals surface area contributed by atoms with E-state index in [-0.39, 0.29) is 11.7 Å². The topological polar surface area (TPSA) is 83.0 Å². The predicted octanol–water partition coefficient (Wildman–Crippen LogP) is 3.17. The molecule has 0 unspecified atom stereocenters. The summed E-state index contributed by atoms with van der Waals surface area (Å²) in [7, 11) is 1.60. The van der Waals surface area contributed by atoms with Crippen LogP contribution in [0.25, 0.3) is 21.9 Å². The predicted molar refractivity (Wildman–Crippen MR) is 96.9 cm³/mol. The normalized spacial score (nSPS) is 11.1. The highest BCUT2D eigenvalue weighted by Gasteiger charge is 2.19. The highest BCUT2D eigenvalue weighted by molar-refractivity contribution is 6.05. The van der Waals surface area contributed by atoms with E-state index in [1.165, 1.54) is 4.68 Å². The Bertz CT molecular complexity index is 1130. The molecule has 0 atom stereocenters. The van der Waals surface area contributed by atoms with Crippen molar-refractivity contribution in [2.45, 2.75) is 6.92 Å². The number of carbonyl (C=O) groups excluding carboxylic acids is 1. The molecule has 0 bridgehead atoms. The van der Waals surface area contributed by atoms with Gasteiger partial charge in [-0.3, -0.25) is 4.79 Å². The minimum Gasteiger partial charge on any atom is -0.497 e. The van der Waals surface area contributed by atoms with Crippen LogP contribution in [0.4, 0.5) is 5.82 Å². The fraction of sp³-hybridized carbons (Fsp3) is 0.105. The summed E-state index contributed by atoms with van der Waals surface area (Å²) in [6, 6.07) is 14.8. The highest BCUT2D eigenvalue weighted by atomic mass is 16.5. The van der Waals surface area contributed by atoms with Gasteiger partial charge in [0.1, 0.15) is 5.75 Å². The lowest BCUT2D eigenvalue weighted by molar-refractivity contribution is 0.0949. The second-order valence-corrected chi connectivity index (χ2v) is 5.84. The molecule has 124 valence electrons. The molecule has 2 N–H and O–H groups in total. The van der Waals surface area contributed by atoms with E-state index < -0.39 is 0 Å². The highest BCUT2D eigenvalue weighted by Crippen LogP contribution is 2.27. The average Bonchev–Trinajstić information content (AvgIpc) is 2.95. The van der Waals surface area contributed by atoms with E-state index in [0.717, 1.165) is 10.9 Å². The summed E-state index contributed by atoms with van der Waals surface area (Å²) in [6.45, 7) is 1.88. The number of nitrogens with two attached hydrogens (primary N) is 1. The fourth-order valence-electron chi connectivity index (χ4n) is 2.89. The minimum atomic E-state index is -0.255. The van der Waals surface area contributed by atoms with Gasteiger partial charge >= 0.3 is 0 Å². The van der Waals surface area contributed by atoms with Crippen LogP contribution in [0.2, 0.25) is 0 Å². The number of fused-ring (bicyclic) bond motifs is 2. The van der Waals surface area contributed by atoms with E-state index in [9.17, 15) is 4.79 Å². The Morgan fingerprint density at radius 1 is 1.16 bits per heavy atom. The van der Waals surface area contributed by atoms with Crippen molar-refractivity contribution >= 4 is 33.7 Å². The van der Waals surface area contributed by atoms with Gasteiger partial charge in [-0.1, -0.05) is 18.2 Å². The van der Waals surface area contributed by atoms with Gasteiger partial charge in [0.15, 0.2) is 11.5 Å². The molecule has 0 fully saturated rings. The van der Waals surface area contributed by atoms with E-state index >= 15 is 0 Å². The van der Waals surface area contributed by atoms with Crippen LogP contribution in [-0.4, -0.2) is 27.8 Å².